The van der Waals surface area contributed by atoms with Gasteiger partial charge in [-0.2, -0.15) is 0 Å². The molecule has 1 rings (SSSR count). The summed E-state index contributed by atoms with van der Waals surface area (Å²) in [5.74, 6) is 0.0968. The molecule has 0 amide bonds. The van der Waals surface area contributed by atoms with Crippen molar-refractivity contribution in [1.29, 1.82) is 0 Å². The van der Waals surface area contributed by atoms with Crippen molar-refractivity contribution in [2.24, 2.45) is 0 Å². The Morgan fingerprint density at radius 2 is 2.29 bits per heavy atom. The number of aromatic nitrogens is 1. The molecule has 0 fully saturated rings. The molecule has 0 atom stereocenters. The Labute approximate surface area is 84.7 Å². The Morgan fingerprint density at radius 3 is 2.86 bits per heavy atom. The lowest BCUT2D eigenvalue weighted by atomic mass is 10.3. The average Bonchev–Trinajstić information content (AvgIpc) is 2.51. The molecule has 3 heteroatoms. The minimum absolute atomic E-state index is 0.0968. The summed E-state index contributed by atoms with van der Waals surface area (Å²) in [7, 11) is 0. The Kier molecular flexibility index (Phi) is 3.89. The van der Waals surface area contributed by atoms with Crippen LogP contribution >= 0.6 is 0 Å². The number of ketones is 1. The Bertz CT molecular complexity index is 302. The van der Waals surface area contributed by atoms with Gasteiger partial charge in [0.25, 0.3) is 0 Å². The van der Waals surface area contributed by atoms with Crippen LogP contribution in [0.2, 0.25) is 0 Å². The molecule has 0 unspecified atom stereocenters. The lowest BCUT2D eigenvalue weighted by Gasteiger charge is -2.09. The number of nitrogens with zero attached hydrogens (tertiary/aromatic N) is 1. The molecule has 0 saturated carbocycles. The third kappa shape index (κ3) is 3.00. The van der Waals surface area contributed by atoms with E-state index < -0.39 is 0 Å². The van der Waals surface area contributed by atoms with E-state index in [1.807, 2.05) is 36.7 Å². The fourth-order valence-electron chi connectivity index (χ4n) is 1.32. The lowest BCUT2D eigenvalue weighted by Crippen LogP contribution is -2.13. The van der Waals surface area contributed by atoms with E-state index in [1.54, 1.807) is 6.92 Å². The normalized spacial score (nSPS) is 10.9. The molecule has 0 aliphatic rings. The summed E-state index contributed by atoms with van der Waals surface area (Å²) >= 11 is 0. The van der Waals surface area contributed by atoms with Crippen molar-refractivity contribution >= 4 is 5.78 Å². The summed E-state index contributed by atoms with van der Waals surface area (Å²) in [6, 6.07) is 3.71. The second-order valence-electron chi connectivity index (χ2n) is 3.56. The van der Waals surface area contributed by atoms with E-state index in [4.69, 9.17) is 4.74 Å². The zero-order valence-corrected chi connectivity index (χ0v) is 8.99. The molecule has 14 heavy (non-hydrogen) atoms. The summed E-state index contributed by atoms with van der Waals surface area (Å²) < 4.78 is 7.34. The Morgan fingerprint density at radius 1 is 1.57 bits per heavy atom. The van der Waals surface area contributed by atoms with Crippen LogP contribution in [-0.4, -0.2) is 23.1 Å². The van der Waals surface area contributed by atoms with Gasteiger partial charge >= 0.3 is 0 Å². The number of carbonyl (C=O) groups excluding carboxylic acids is 1. The van der Waals surface area contributed by atoms with E-state index >= 15 is 0 Å². The summed E-state index contributed by atoms with van der Waals surface area (Å²) in [6.07, 6.45) is 2.15. The van der Waals surface area contributed by atoms with Crippen LogP contribution in [0.25, 0.3) is 0 Å². The van der Waals surface area contributed by atoms with Gasteiger partial charge in [-0.05, 0) is 26.0 Å². The molecule has 0 bridgehead atoms. The smallest absolute Gasteiger partial charge is 0.176 e. The molecule has 0 saturated heterocycles. The maximum atomic E-state index is 11.2. The highest BCUT2D eigenvalue weighted by Gasteiger charge is 2.04. The predicted octanol–water partition coefficient (Wildman–Crippen LogP) is 2.12. The minimum Gasteiger partial charge on any atom is -0.377 e. The summed E-state index contributed by atoms with van der Waals surface area (Å²) in [5, 5.41) is 0. The fraction of sp³-hybridized carbons (Fsp3) is 0.545. The van der Waals surface area contributed by atoms with Crippen molar-refractivity contribution in [2.75, 3.05) is 6.61 Å². The second kappa shape index (κ2) is 4.96. The first-order valence-electron chi connectivity index (χ1n) is 4.89. The van der Waals surface area contributed by atoms with Crippen molar-refractivity contribution in [1.82, 2.24) is 4.57 Å². The molecule has 78 valence electrons. The molecule has 1 heterocycles. The zero-order chi connectivity index (χ0) is 10.6. The fourth-order valence-corrected chi connectivity index (χ4v) is 1.32. The van der Waals surface area contributed by atoms with E-state index in [0.29, 0.717) is 6.61 Å². The molecular formula is C11H17NO2. The lowest BCUT2D eigenvalue weighted by molar-refractivity contribution is 0.0721. The van der Waals surface area contributed by atoms with Gasteiger partial charge < -0.3 is 9.30 Å². The van der Waals surface area contributed by atoms with Crippen molar-refractivity contribution in [3.63, 3.8) is 0 Å². The first-order valence-corrected chi connectivity index (χ1v) is 4.89. The van der Waals surface area contributed by atoms with Crippen LogP contribution in [0.4, 0.5) is 0 Å². The molecule has 1 aromatic rings. The number of Topliss-reactive ketones (excluding diaryl/α,β-unsaturated/α-hetero) is 1. The first-order chi connectivity index (χ1) is 6.61. The standard InChI is InChI=1S/C11H17NO2/c1-9(2)14-8-7-12-6-4-5-11(12)10(3)13/h4-6,9H,7-8H2,1-3H3. The van der Waals surface area contributed by atoms with Gasteiger partial charge in [-0.15, -0.1) is 0 Å². The number of hydrogen-bond acceptors (Lipinski definition) is 2. The number of ether oxygens (including phenoxy) is 1. The van der Waals surface area contributed by atoms with Crippen molar-refractivity contribution in [3.05, 3.63) is 24.0 Å². The first kappa shape index (κ1) is 11.0. The molecule has 3 nitrogen and oxygen atoms in total. The van der Waals surface area contributed by atoms with Gasteiger partial charge in [0, 0.05) is 19.7 Å². The van der Waals surface area contributed by atoms with Gasteiger partial charge in [0.2, 0.25) is 0 Å². The topological polar surface area (TPSA) is 31.2 Å². The third-order valence-electron chi connectivity index (χ3n) is 1.97. The number of carbonyl (C=O) groups is 1. The molecule has 0 spiro atoms. The SMILES string of the molecule is CC(=O)c1cccn1CCOC(C)C. The monoisotopic (exact) mass is 195 g/mol. The molecule has 0 aliphatic carbocycles. The largest absolute Gasteiger partial charge is 0.377 e. The van der Waals surface area contributed by atoms with E-state index in [-0.39, 0.29) is 11.9 Å². The van der Waals surface area contributed by atoms with Crippen LogP contribution < -0.4 is 0 Å². The molecule has 0 aliphatic heterocycles. The van der Waals surface area contributed by atoms with Crippen LogP contribution in [0, 0.1) is 0 Å². The highest BCUT2D eigenvalue weighted by molar-refractivity contribution is 5.92. The van der Waals surface area contributed by atoms with Gasteiger partial charge in [-0.25, -0.2) is 0 Å². The molecule has 0 radical (unpaired) electrons. The average molecular weight is 195 g/mol. The molecular weight excluding hydrogens is 178 g/mol. The quantitative estimate of drug-likeness (QED) is 0.674. The number of rotatable bonds is 5. The van der Waals surface area contributed by atoms with Gasteiger partial charge in [-0.3, -0.25) is 4.79 Å². The summed E-state index contributed by atoms with van der Waals surface area (Å²) in [5.41, 5.74) is 0.748. The zero-order valence-electron chi connectivity index (χ0n) is 8.99. The number of hydrogen-bond donors (Lipinski definition) is 0. The Balaban J connectivity index is 2.50. The summed E-state index contributed by atoms with van der Waals surface area (Å²) in [6.45, 7) is 6.96. The van der Waals surface area contributed by atoms with Crippen LogP contribution in [0.3, 0.4) is 0 Å². The van der Waals surface area contributed by atoms with Gasteiger partial charge in [0.05, 0.1) is 18.4 Å². The van der Waals surface area contributed by atoms with E-state index in [2.05, 4.69) is 0 Å². The molecule has 1 aromatic heterocycles. The third-order valence-corrected chi connectivity index (χ3v) is 1.97. The van der Waals surface area contributed by atoms with E-state index in [1.165, 1.54) is 0 Å². The van der Waals surface area contributed by atoms with Crippen LogP contribution in [0.1, 0.15) is 31.3 Å². The minimum atomic E-state index is 0.0968. The van der Waals surface area contributed by atoms with Gasteiger partial charge in [0.1, 0.15) is 0 Å². The molecule has 0 aromatic carbocycles. The van der Waals surface area contributed by atoms with E-state index in [9.17, 15) is 4.79 Å². The van der Waals surface area contributed by atoms with Gasteiger partial charge in [-0.1, -0.05) is 0 Å². The van der Waals surface area contributed by atoms with Crippen molar-refractivity contribution in [3.8, 4) is 0 Å². The van der Waals surface area contributed by atoms with Crippen LogP contribution in [0.5, 0.6) is 0 Å². The molecule has 0 N–H and O–H groups in total. The highest BCUT2D eigenvalue weighted by atomic mass is 16.5. The van der Waals surface area contributed by atoms with E-state index in [0.717, 1.165) is 12.2 Å². The highest BCUT2D eigenvalue weighted by Crippen LogP contribution is 2.03. The van der Waals surface area contributed by atoms with Crippen molar-refractivity contribution < 1.29 is 9.53 Å². The Hall–Kier alpha value is -1.09. The van der Waals surface area contributed by atoms with Crippen LogP contribution in [0.15, 0.2) is 18.3 Å². The predicted molar refractivity (Wildman–Crippen MR) is 55.5 cm³/mol. The maximum Gasteiger partial charge on any atom is 0.176 e. The maximum absolute atomic E-state index is 11.2. The van der Waals surface area contributed by atoms with Crippen LogP contribution in [-0.2, 0) is 11.3 Å². The van der Waals surface area contributed by atoms with Gasteiger partial charge in [0.15, 0.2) is 5.78 Å². The second-order valence-corrected chi connectivity index (χ2v) is 3.56. The van der Waals surface area contributed by atoms with Crippen molar-refractivity contribution in [2.45, 2.75) is 33.4 Å². The summed E-state index contributed by atoms with van der Waals surface area (Å²) in [4.78, 5) is 11.2.